The Labute approximate surface area is 188 Å². The molecule has 0 spiro atoms. The molecule has 1 aromatic heterocycles. The molecular formula is C26H16Cl2N2O. The van der Waals surface area contributed by atoms with E-state index in [1.54, 1.807) is 22.8 Å². The summed E-state index contributed by atoms with van der Waals surface area (Å²) in [5.41, 5.74) is 2.09. The second-order valence-corrected chi connectivity index (χ2v) is 7.97. The van der Waals surface area contributed by atoms with Crippen molar-refractivity contribution in [1.29, 1.82) is 0 Å². The van der Waals surface area contributed by atoms with E-state index in [0.717, 1.165) is 22.0 Å². The maximum Gasteiger partial charge on any atom is 0.266 e. The number of nitrogens with zero attached hydrogens (tertiary/aromatic N) is 2. The van der Waals surface area contributed by atoms with Crippen molar-refractivity contribution in [3.05, 3.63) is 117 Å². The molecule has 0 amide bonds. The predicted molar refractivity (Wildman–Crippen MR) is 130 cm³/mol. The zero-order chi connectivity index (χ0) is 21.4. The predicted octanol–water partition coefficient (Wildman–Crippen LogP) is 7.02. The summed E-state index contributed by atoms with van der Waals surface area (Å²) in [5.74, 6) is 0.520. The molecular weight excluding hydrogens is 427 g/mol. The molecule has 0 aliphatic heterocycles. The summed E-state index contributed by atoms with van der Waals surface area (Å²) in [5, 5.41) is 3.69. The zero-order valence-electron chi connectivity index (χ0n) is 16.3. The van der Waals surface area contributed by atoms with Crippen LogP contribution in [0.5, 0.6) is 0 Å². The van der Waals surface area contributed by atoms with Crippen LogP contribution in [-0.4, -0.2) is 9.55 Å². The first-order chi connectivity index (χ1) is 15.1. The summed E-state index contributed by atoms with van der Waals surface area (Å²) in [4.78, 5) is 18.4. The van der Waals surface area contributed by atoms with E-state index >= 15 is 0 Å². The molecule has 0 aliphatic carbocycles. The molecule has 5 heteroatoms. The molecule has 5 aromatic rings. The molecule has 5 rings (SSSR count). The third-order valence-corrected chi connectivity index (χ3v) is 5.75. The highest BCUT2D eigenvalue weighted by atomic mass is 35.5. The highest BCUT2D eigenvalue weighted by molar-refractivity contribution is 6.35. The Morgan fingerprint density at radius 3 is 2.35 bits per heavy atom. The van der Waals surface area contributed by atoms with Gasteiger partial charge in [0.25, 0.3) is 5.56 Å². The Balaban J connectivity index is 1.80. The lowest BCUT2D eigenvalue weighted by molar-refractivity contribution is 0.952. The lowest BCUT2D eigenvalue weighted by Gasteiger charge is -2.14. The molecule has 150 valence electrons. The lowest BCUT2D eigenvalue weighted by atomic mass is 10.1. The van der Waals surface area contributed by atoms with Crippen LogP contribution in [-0.2, 0) is 0 Å². The van der Waals surface area contributed by atoms with E-state index < -0.39 is 0 Å². The number of benzene rings is 4. The van der Waals surface area contributed by atoms with Gasteiger partial charge in [-0.3, -0.25) is 9.36 Å². The first-order valence-electron chi connectivity index (χ1n) is 9.75. The molecule has 3 nitrogen and oxygen atoms in total. The zero-order valence-corrected chi connectivity index (χ0v) is 17.8. The van der Waals surface area contributed by atoms with Crippen LogP contribution in [0.3, 0.4) is 0 Å². The SMILES string of the molecule is O=c1c2ccccc2nc(/C=C/c2ccc(Cl)cc2Cl)n1-c1cccc2ccccc12. The van der Waals surface area contributed by atoms with Gasteiger partial charge in [-0.15, -0.1) is 0 Å². The van der Waals surface area contributed by atoms with E-state index in [2.05, 4.69) is 0 Å². The van der Waals surface area contributed by atoms with E-state index in [4.69, 9.17) is 28.2 Å². The number of halogens is 2. The third kappa shape index (κ3) is 3.63. The number of para-hydroxylation sites is 1. The monoisotopic (exact) mass is 442 g/mol. The molecule has 0 bridgehead atoms. The average molecular weight is 443 g/mol. The van der Waals surface area contributed by atoms with Crippen molar-refractivity contribution in [2.75, 3.05) is 0 Å². The summed E-state index contributed by atoms with van der Waals surface area (Å²) in [6.07, 6.45) is 3.65. The average Bonchev–Trinajstić information content (AvgIpc) is 2.78. The number of hydrogen-bond donors (Lipinski definition) is 0. The molecule has 0 radical (unpaired) electrons. The minimum Gasteiger partial charge on any atom is -0.268 e. The minimum absolute atomic E-state index is 0.121. The van der Waals surface area contributed by atoms with Crippen LogP contribution in [0.25, 0.3) is 39.5 Å². The molecule has 0 aliphatic rings. The van der Waals surface area contributed by atoms with Gasteiger partial charge in [0.2, 0.25) is 0 Å². The van der Waals surface area contributed by atoms with Gasteiger partial charge in [0.1, 0.15) is 5.82 Å². The first kappa shape index (κ1) is 19.6. The molecule has 0 saturated carbocycles. The second kappa shape index (κ2) is 8.03. The van der Waals surface area contributed by atoms with Crippen LogP contribution in [0.1, 0.15) is 11.4 Å². The normalized spacial score (nSPS) is 11.5. The third-order valence-electron chi connectivity index (χ3n) is 5.18. The highest BCUT2D eigenvalue weighted by Gasteiger charge is 2.13. The quantitative estimate of drug-likeness (QED) is 0.301. The van der Waals surface area contributed by atoms with Crippen LogP contribution in [0.15, 0.2) is 89.7 Å². The fraction of sp³-hybridized carbons (Fsp3) is 0. The Hall–Kier alpha value is -3.40. The summed E-state index contributed by atoms with van der Waals surface area (Å²) < 4.78 is 1.66. The highest BCUT2D eigenvalue weighted by Crippen LogP contribution is 2.25. The fourth-order valence-electron chi connectivity index (χ4n) is 3.70. The van der Waals surface area contributed by atoms with Crippen molar-refractivity contribution in [1.82, 2.24) is 9.55 Å². The Morgan fingerprint density at radius 1 is 0.774 bits per heavy atom. The maximum absolute atomic E-state index is 13.6. The molecule has 0 saturated heterocycles. The number of fused-ring (bicyclic) bond motifs is 2. The number of aromatic nitrogens is 2. The fourth-order valence-corrected chi connectivity index (χ4v) is 4.17. The van der Waals surface area contributed by atoms with Gasteiger partial charge in [0, 0.05) is 15.4 Å². The smallest absolute Gasteiger partial charge is 0.266 e. The summed E-state index contributed by atoms with van der Waals surface area (Å²) in [7, 11) is 0. The van der Waals surface area contributed by atoms with Gasteiger partial charge in [-0.2, -0.15) is 0 Å². The van der Waals surface area contributed by atoms with Crippen molar-refractivity contribution >= 4 is 57.0 Å². The van der Waals surface area contributed by atoms with Crippen molar-refractivity contribution in [2.45, 2.75) is 0 Å². The molecule has 0 N–H and O–H groups in total. The van der Waals surface area contributed by atoms with E-state index in [-0.39, 0.29) is 5.56 Å². The van der Waals surface area contributed by atoms with E-state index in [0.29, 0.717) is 26.8 Å². The largest absolute Gasteiger partial charge is 0.268 e. The maximum atomic E-state index is 13.6. The van der Waals surface area contributed by atoms with Gasteiger partial charge in [-0.05, 0) is 53.4 Å². The van der Waals surface area contributed by atoms with Crippen LogP contribution in [0.2, 0.25) is 10.0 Å². The topological polar surface area (TPSA) is 34.9 Å². The van der Waals surface area contributed by atoms with E-state index in [1.807, 2.05) is 78.9 Å². The van der Waals surface area contributed by atoms with Gasteiger partial charge < -0.3 is 0 Å². The molecule has 0 atom stereocenters. The van der Waals surface area contributed by atoms with Crippen molar-refractivity contribution in [3.63, 3.8) is 0 Å². The standard InChI is InChI=1S/C26H16Cl2N2O/c27-19-14-12-18(22(28)16-19)13-15-25-29-23-10-4-3-9-21(23)26(31)30(25)24-11-5-7-17-6-1-2-8-20(17)24/h1-16H/b15-13+. The Bertz CT molecular complexity index is 1530. The first-order valence-corrected chi connectivity index (χ1v) is 10.5. The molecule has 0 fully saturated rings. The van der Waals surface area contributed by atoms with Gasteiger partial charge in [-0.1, -0.05) is 77.8 Å². The van der Waals surface area contributed by atoms with Crippen LogP contribution < -0.4 is 5.56 Å². The Morgan fingerprint density at radius 2 is 1.52 bits per heavy atom. The molecule has 4 aromatic carbocycles. The van der Waals surface area contributed by atoms with Gasteiger partial charge in [0.05, 0.1) is 16.6 Å². The number of hydrogen-bond acceptors (Lipinski definition) is 2. The van der Waals surface area contributed by atoms with Crippen molar-refractivity contribution in [3.8, 4) is 5.69 Å². The van der Waals surface area contributed by atoms with Gasteiger partial charge >= 0.3 is 0 Å². The summed E-state index contributed by atoms with van der Waals surface area (Å²) >= 11 is 12.3. The van der Waals surface area contributed by atoms with Crippen molar-refractivity contribution < 1.29 is 0 Å². The lowest BCUT2D eigenvalue weighted by Crippen LogP contribution is -2.22. The van der Waals surface area contributed by atoms with Gasteiger partial charge in [-0.25, -0.2) is 4.98 Å². The van der Waals surface area contributed by atoms with E-state index in [1.165, 1.54) is 0 Å². The second-order valence-electron chi connectivity index (χ2n) is 7.13. The molecule has 0 unspecified atom stereocenters. The van der Waals surface area contributed by atoms with Gasteiger partial charge in [0.15, 0.2) is 0 Å². The summed E-state index contributed by atoms with van der Waals surface area (Å²) in [6, 6.07) is 26.6. The van der Waals surface area contributed by atoms with Crippen LogP contribution in [0.4, 0.5) is 0 Å². The van der Waals surface area contributed by atoms with E-state index in [9.17, 15) is 4.79 Å². The van der Waals surface area contributed by atoms with Crippen molar-refractivity contribution in [2.24, 2.45) is 0 Å². The Kier molecular flexibility index (Phi) is 5.06. The molecule has 31 heavy (non-hydrogen) atoms. The van der Waals surface area contributed by atoms with Crippen LogP contribution in [0, 0.1) is 0 Å². The minimum atomic E-state index is -0.121. The molecule has 1 heterocycles. The number of rotatable bonds is 3. The van der Waals surface area contributed by atoms with Crippen LogP contribution >= 0.6 is 23.2 Å². The summed E-state index contributed by atoms with van der Waals surface area (Å²) in [6.45, 7) is 0.